The van der Waals surface area contributed by atoms with Gasteiger partial charge in [-0.1, -0.05) is 5.16 Å². The van der Waals surface area contributed by atoms with E-state index in [-0.39, 0.29) is 17.2 Å². The Labute approximate surface area is 167 Å². The summed E-state index contributed by atoms with van der Waals surface area (Å²) in [5, 5.41) is 4.14. The zero-order valence-corrected chi connectivity index (χ0v) is 16.8. The average molecular weight is 402 g/mol. The first-order valence-electron chi connectivity index (χ1n) is 9.68. The van der Waals surface area contributed by atoms with Gasteiger partial charge in [0.25, 0.3) is 12.1 Å². The third-order valence-corrected chi connectivity index (χ3v) is 5.32. The van der Waals surface area contributed by atoms with Crippen LogP contribution in [0.4, 0.5) is 14.7 Å². The highest BCUT2D eigenvalue weighted by Gasteiger charge is 2.26. The van der Waals surface area contributed by atoms with E-state index in [0.717, 1.165) is 38.0 Å². The lowest BCUT2D eigenvalue weighted by atomic mass is 9.92. The smallest absolute Gasteiger partial charge is 0.264 e. The van der Waals surface area contributed by atoms with E-state index in [0.29, 0.717) is 22.7 Å². The lowest BCUT2D eigenvalue weighted by Crippen LogP contribution is -2.34. The van der Waals surface area contributed by atoms with Gasteiger partial charge in [0, 0.05) is 62.3 Å². The molecule has 0 unspecified atom stereocenters. The molecule has 0 aromatic carbocycles. The molecule has 7 nitrogen and oxygen atoms in total. The normalized spacial score (nSPS) is 17.9. The van der Waals surface area contributed by atoms with Crippen molar-refractivity contribution < 1.29 is 13.3 Å². The standard InChI is InChI=1S/C20H24F2N6O/c1-12-17-15(18(21)22)7-16(25-19(17)29-26-12)14-5-4-6-28(11-14)10-13-8-23-20(24-9-13)27(2)3/h7-9,14,18H,4-6,10-11H2,1-3H3/t14-/m1/s1. The van der Waals surface area contributed by atoms with Crippen molar-refractivity contribution in [3.05, 3.63) is 41.0 Å². The highest BCUT2D eigenvalue weighted by atomic mass is 19.3. The van der Waals surface area contributed by atoms with Crippen LogP contribution in [-0.2, 0) is 6.54 Å². The Bertz CT molecular complexity index is 989. The molecular formula is C20H24F2N6O. The molecule has 0 N–H and O–H groups in total. The van der Waals surface area contributed by atoms with Gasteiger partial charge in [-0.15, -0.1) is 0 Å². The minimum absolute atomic E-state index is 0.0476. The molecule has 1 aliphatic heterocycles. The van der Waals surface area contributed by atoms with Crippen LogP contribution in [0.2, 0.25) is 0 Å². The fourth-order valence-electron chi connectivity index (χ4n) is 3.89. The number of aromatic nitrogens is 4. The second-order valence-corrected chi connectivity index (χ2v) is 7.75. The van der Waals surface area contributed by atoms with Crippen molar-refractivity contribution in [1.82, 2.24) is 25.0 Å². The number of anilines is 1. The monoisotopic (exact) mass is 402 g/mol. The van der Waals surface area contributed by atoms with E-state index in [9.17, 15) is 8.78 Å². The molecule has 9 heteroatoms. The van der Waals surface area contributed by atoms with Gasteiger partial charge in [0.05, 0.1) is 11.1 Å². The number of aryl methyl sites for hydroxylation is 1. The van der Waals surface area contributed by atoms with Gasteiger partial charge in [-0.2, -0.15) is 0 Å². The molecule has 1 saturated heterocycles. The van der Waals surface area contributed by atoms with E-state index in [1.807, 2.05) is 31.4 Å². The number of hydrogen-bond donors (Lipinski definition) is 0. The SMILES string of the molecule is Cc1noc2nc([C@@H]3CCCN(Cc4cnc(N(C)C)nc4)C3)cc(C(F)F)c12. The fourth-order valence-corrected chi connectivity index (χ4v) is 3.89. The molecule has 4 rings (SSSR count). The number of likely N-dealkylation sites (tertiary alicyclic amines) is 1. The Hall–Kier alpha value is -2.68. The van der Waals surface area contributed by atoms with Crippen LogP contribution in [-0.4, -0.2) is 52.2 Å². The van der Waals surface area contributed by atoms with Crippen LogP contribution in [0.5, 0.6) is 0 Å². The lowest BCUT2D eigenvalue weighted by molar-refractivity contribution is 0.152. The highest BCUT2D eigenvalue weighted by Crippen LogP contribution is 2.34. The minimum atomic E-state index is -2.59. The minimum Gasteiger partial charge on any atom is -0.347 e. The molecule has 1 fully saturated rings. The van der Waals surface area contributed by atoms with Gasteiger partial charge in [0.15, 0.2) is 0 Å². The summed E-state index contributed by atoms with van der Waals surface area (Å²) < 4.78 is 32.5. The maximum absolute atomic E-state index is 13.6. The molecule has 0 aliphatic carbocycles. The van der Waals surface area contributed by atoms with Crippen molar-refractivity contribution in [2.45, 2.75) is 38.7 Å². The first-order valence-corrected chi connectivity index (χ1v) is 9.68. The third-order valence-electron chi connectivity index (χ3n) is 5.32. The Balaban J connectivity index is 1.54. The average Bonchev–Trinajstić information content (AvgIpc) is 3.09. The van der Waals surface area contributed by atoms with Crippen molar-refractivity contribution in [3.8, 4) is 0 Å². The highest BCUT2D eigenvalue weighted by molar-refractivity contribution is 5.80. The van der Waals surface area contributed by atoms with Crippen LogP contribution in [0.15, 0.2) is 23.0 Å². The van der Waals surface area contributed by atoms with Crippen molar-refractivity contribution in [2.75, 3.05) is 32.1 Å². The van der Waals surface area contributed by atoms with Gasteiger partial charge in [-0.05, 0) is 32.4 Å². The molecular weight excluding hydrogens is 378 g/mol. The van der Waals surface area contributed by atoms with Gasteiger partial charge in [-0.25, -0.2) is 23.7 Å². The van der Waals surface area contributed by atoms with Crippen LogP contribution in [0.1, 0.15) is 47.7 Å². The summed E-state index contributed by atoms with van der Waals surface area (Å²) in [4.78, 5) is 17.4. The maximum Gasteiger partial charge on any atom is 0.264 e. The van der Waals surface area contributed by atoms with Gasteiger partial charge in [0.1, 0.15) is 0 Å². The molecule has 3 aromatic rings. The van der Waals surface area contributed by atoms with Gasteiger partial charge in [-0.3, -0.25) is 4.90 Å². The van der Waals surface area contributed by atoms with Gasteiger partial charge < -0.3 is 9.42 Å². The maximum atomic E-state index is 13.6. The molecule has 0 spiro atoms. The molecule has 3 aromatic heterocycles. The number of pyridine rings is 1. The van der Waals surface area contributed by atoms with Crippen LogP contribution >= 0.6 is 0 Å². The van der Waals surface area contributed by atoms with E-state index in [1.54, 1.807) is 6.92 Å². The first kappa shape index (κ1) is 19.6. The Kier molecular flexibility index (Phi) is 5.40. The number of rotatable bonds is 5. The summed E-state index contributed by atoms with van der Waals surface area (Å²) in [6.07, 6.45) is 2.95. The topological polar surface area (TPSA) is 71.2 Å². The summed E-state index contributed by atoms with van der Waals surface area (Å²) in [7, 11) is 3.80. The lowest BCUT2D eigenvalue weighted by Gasteiger charge is -2.32. The predicted molar refractivity (Wildman–Crippen MR) is 105 cm³/mol. The quantitative estimate of drug-likeness (QED) is 0.644. The van der Waals surface area contributed by atoms with E-state index in [4.69, 9.17) is 4.52 Å². The molecule has 1 aliphatic rings. The summed E-state index contributed by atoms with van der Waals surface area (Å²) in [5.74, 6) is 0.739. The van der Waals surface area contributed by atoms with Gasteiger partial charge >= 0.3 is 0 Å². The molecule has 1 atom stereocenters. The number of hydrogen-bond acceptors (Lipinski definition) is 7. The van der Waals surface area contributed by atoms with E-state index < -0.39 is 6.43 Å². The van der Waals surface area contributed by atoms with Crippen molar-refractivity contribution >= 4 is 17.0 Å². The van der Waals surface area contributed by atoms with Crippen LogP contribution in [0.3, 0.4) is 0 Å². The zero-order valence-electron chi connectivity index (χ0n) is 16.8. The molecule has 0 radical (unpaired) electrons. The Morgan fingerprint density at radius 3 is 2.72 bits per heavy atom. The molecule has 0 amide bonds. The largest absolute Gasteiger partial charge is 0.347 e. The first-order chi connectivity index (χ1) is 13.9. The van der Waals surface area contributed by atoms with E-state index >= 15 is 0 Å². The van der Waals surface area contributed by atoms with Crippen molar-refractivity contribution in [3.63, 3.8) is 0 Å². The second-order valence-electron chi connectivity index (χ2n) is 7.75. The van der Waals surface area contributed by atoms with Crippen LogP contribution < -0.4 is 4.90 Å². The van der Waals surface area contributed by atoms with Crippen LogP contribution in [0.25, 0.3) is 11.1 Å². The molecule has 29 heavy (non-hydrogen) atoms. The van der Waals surface area contributed by atoms with Crippen molar-refractivity contribution in [1.29, 1.82) is 0 Å². The third kappa shape index (κ3) is 4.05. The van der Waals surface area contributed by atoms with Gasteiger partial charge in [0.2, 0.25) is 5.95 Å². The van der Waals surface area contributed by atoms with E-state index in [1.165, 1.54) is 6.07 Å². The summed E-state index contributed by atoms with van der Waals surface area (Å²) in [6, 6.07) is 1.53. The Morgan fingerprint density at radius 1 is 1.28 bits per heavy atom. The van der Waals surface area contributed by atoms with E-state index in [2.05, 4.69) is 25.0 Å². The predicted octanol–water partition coefficient (Wildman–Crippen LogP) is 3.70. The van der Waals surface area contributed by atoms with Crippen LogP contribution in [0, 0.1) is 6.92 Å². The number of fused-ring (bicyclic) bond motifs is 1. The molecule has 0 saturated carbocycles. The second kappa shape index (κ2) is 7.98. The summed E-state index contributed by atoms with van der Waals surface area (Å²) >= 11 is 0. The number of alkyl halides is 2. The summed E-state index contributed by atoms with van der Waals surface area (Å²) in [6.45, 7) is 4.06. The summed E-state index contributed by atoms with van der Waals surface area (Å²) in [5.41, 5.74) is 2.26. The fraction of sp³-hybridized carbons (Fsp3) is 0.500. The molecule has 0 bridgehead atoms. The number of piperidine rings is 1. The van der Waals surface area contributed by atoms with Crippen molar-refractivity contribution in [2.24, 2.45) is 0 Å². The number of nitrogens with zero attached hydrogens (tertiary/aromatic N) is 6. The number of halogens is 2. The zero-order chi connectivity index (χ0) is 20.5. The molecule has 154 valence electrons. The Morgan fingerprint density at radius 2 is 2.03 bits per heavy atom. The molecule has 4 heterocycles.